The van der Waals surface area contributed by atoms with Crippen molar-refractivity contribution in [2.45, 2.75) is 13.8 Å². The van der Waals surface area contributed by atoms with Gasteiger partial charge >= 0.3 is 5.97 Å². The summed E-state index contributed by atoms with van der Waals surface area (Å²) >= 11 is 13.3. The number of esters is 1. The molecule has 22 heavy (non-hydrogen) atoms. The summed E-state index contributed by atoms with van der Waals surface area (Å²) in [5.74, 6) is -1.69. The molecule has 0 radical (unpaired) electrons. The van der Waals surface area contributed by atoms with Crippen LogP contribution >= 0.6 is 34.5 Å². The minimum absolute atomic E-state index is 0.00465. The van der Waals surface area contributed by atoms with Crippen LogP contribution in [0.25, 0.3) is 10.1 Å². The van der Waals surface area contributed by atoms with Gasteiger partial charge in [0, 0.05) is 19.2 Å². The number of nitrogens with two attached hydrogens (primary N) is 1. The minimum Gasteiger partial charge on any atom is -0.423 e. The van der Waals surface area contributed by atoms with Crippen LogP contribution in [0, 0.1) is 0 Å². The maximum absolute atomic E-state index is 11.7. The molecule has 0 atom stereocenters. The third kappa shape index (κ3) is 3.01. The fourth-order valence-electron chi connectivity index (χ4n) is 1.87. The number of anilines is 1. The van der Waals surface area contributed by atoms with E-state index in [1.807, 2.05) is 0 Å². The van der Waals surface area contributed by atoms with Crippen molar-refractivity contribution in [3.8, 4) is 5.75 Å². The number of benzene rings is 1. The second-order valence-corrected chi connectivity index (χ2v) is 6.13. The van der Waals surface area contributed by atoms with Crippen LogP contribution < -0.4 is 15.8 Å². The van der Waals surface area contributed by atoms with Crippen molar-refractivity contribution < 1.29 is 19.1 Å². The molecule has 0 aliphatic rings. The number of amides is 2. The van der Waals surface area contributed by atoms with Gasteiger partial charge in [-0.15, -0.1) is 11.3 Å². The number of fused-ring (bicyclic) bond motifs is 1. The van der Waals surface area contributed by atoms with Crippen LogP contribution in [-0.4, -0.2) is 17.8 Å². The Balaban J connectivity index is 2.78. The molecule has 0 unspecified atom stereocenters. The van der Waals surface area contributed by atoms with Crippen LogP contribution in [0.15, 0.2) is 6.07 Å². The van der Waals surface area contributed by atoms with Crippen LogP contribution in [0.5, 0.6) is 5.75 Å². The molecular weight excluding hydrogens is 351 g/mol. The summed E-state index contributed by atoms with van der Waals surface area (Å²) < 4.78 is 5.41. The van der Waals surface area contributed by atoms with Crippen molar-refractivity contribution >= 4 is 67.4 Å². The van der Waals surface area contributed by atoms with Crippen LogP contribution in [0.3, 0.4) is 0 Å². The smallest absolute Gasteiger partial charge is 0.308 e. The molecule has 6 nitrogen and oxygen atoms in total. The first-order valence-corrected chi connectivity index (χ1v) is 7.50. The molecule has 0 saturated heterocycles. The molecule has 0 fully saturated rings. The van der Waals surface area contributed by atoms with E-state index in [-0.39, 0.29) is 32.3 Å². The number of carbonyl (C=O) groups excluding carboxylic acids is 3. The van der Waals surface area contributed by atoms with Crippen molar-refractivity contribution in [2.75, 3.05) is 5.32 Å². The molecule has 1 aromatic carbocycles. The normalized spacial score (nSPS) is 10.5. The highest BCUT2D eigenvalue weighted by atomic mass is 35.5. The zero-order valence-corrected chi connectivity index (χ0v) is 13.8. The van der Waals surface area contributed by atoms with Gasteiger partial charge in [0.2, 0.25) is 5.91 Å². The molecule has 9 heteroatoms. The lowest BCUT2D eigenvalue weighted by Gasteiger charge is -2.07. The Morgan fingerprint density at radius 1 is 1.27 bits per heavy atom. The molecule has 3 N–H and O–H groups in total. The Hall–Kier alpha value is -1.83. The number of rotatable bonds is 3. The molecule has 0 spiro atoms. The predicted octanol–water partition coefficient (Wildman–Crippen LogP) is 3.19. The lowest BCUT2D eigenvalue weighted by atomic mass is 10.1. The molecule has 1 heterocycles. The SMILES string of the molecule is CC(=O)Nc1sc2c(Cl)c(OC(C)=O)c(Cl)cc2c1C(N)=O. The van der Waals surface area contributed by atoms with Crippen molar-refractivity contribution in [1.29, 1.82) is 0 Å². The van der Waals surface area contributed by atoms with E-state index in [0.29, 0.717) is 10.1 Å². The maximum atomic E-state index is 11.7. The van der Waals surface area contributed by atoms with E-state index in [2.05, 4.69) is 5.32 Å². The number of halogens is 2. The molecule has 2 aromatic rings. The van der Waals surface area contributed by atoms with Gasteiger partial charge in [-0.05, 0) is 6.07 Å². The topological polar surface area (TPSA) is 98.5 Å². The second-order valence-electron chi connectivity index (χ2n) is 4.32. The summed E-state index contributed by atoms with van der Waals surface area (Å²) in [6.07, 6.45) is 0. The number of thiophene rings is 1. The van der Waals surface area contributed by atoms with E-state index in [1.165, 1.54) is 19.9 Å². The number of primary amides is 1. The zero-order valence-electron chi connectivity index (χ0n) is 11.5. The van der Waals surface area contributed by atoms with Gasteiger partial charge in [0.15, 0.2) is 5.75 Å². The third-order valence-corrected chi connectivity index (χ3v) is 4.51. The van der Waals surface area contributed by atoms with Crippen LogP contribution in [-0.2, 0) is 9.59 Å². The summed E-state index contributed by atoms with van der Waals surface area (Å²) in [4.78, 5) is 34.0. The van der Waals surface area contributed by atoms with Crippen LogP contribution in [0.2, 0.25) is 10.0 Å². The highest BCUT2D eigenvalue weighted by molar-refractivity contribution is 7.24. The molecule has 116 valence electrons. The molecule has 0 aliphatic heterocycles. The van der Waals surface area contributed by atoms with E-state index >= 15 is 0 Å². The first kappa shape index (κ1) is 16.5. The zero-order chi connectivity index (χ0) is 16.6. The Morgan fingerprint density at radius 2 is 1.91 bits per heavy atom. The number of hydrogen-bond acceptors (Lipinski definition) is 5. The lowest BCUT2D eigenvalue weighted by molar-refractivity contribution is -0.131. The standard InChI is InChI=1S/C13H10Cl2N2O4S/c1-4(18)17-13-8(12(16)20)6-3-7(14)10(21-5(2)19)9(15)11(6)22-13/h3H,1-2H3,(H2,16,20)(H,17,18). The average Bonchev–Trinajstić information content (AvgIpc) is 2.71. The molecule has 2 rings (SSSR count). The summed E-state index contributed by atoms with van der Waals surface area (Å²) in [6.45, 7) is 2.51. The van der Waals surface area contributed by atoms with Gasteiger partial charge in [-0.2, -0.15) is 0 Å². The van der Waals surface area contributed by atoms with Gasteiger partial charge in [-0.1, -0.05) is 23.2 Å². The minimum atomic E-state index is -0.734. The largest absolute Gasteiger partial charge is 0.423 e. The maximum Gasteiger partial charge on any atom is 0.308 e. The van der Waals surface area contributed by atoms with Crippen molar-refractivity contribution in [2.24, 2.45) is 5.73 Å². The molecule has 0 aliphatic carbocycles. The molecule has 2 amide bonds. The summed E-state index contributed by atoms with van der Waals surface area (Å²) in [7, 11) is 0. The van der Waals surface area contributed by atoms with Gasteiger partial charge in [0.05, 0.1) is 15.3 Å². The van der Waals surface area contributed by atoms with Gasteiger partial charge in [-0.25, -0.2) is 0 Å². The van der Waals surface area contributed by atoms with E-state index in [0.717, 1.165) is 11.3 Å². The average molecular weight is 361 g/mol. The lowest BCUT2D eigenvalue weighted by Crippen LogP contribution is -2.14. The quantitative estimate of drug-likeness (QED) is 0.648. The summed E-state index contributed by atoms with van der Waals surface area (Å²) in [5.41, 5.74) is 5.47. The van der Waals surface area contributed by atoms with E-state index in [9.17, 15) is 14.4 Å². The Morgan fingerprint density at radius 3 is 2.41 bits per heavy atom. The van der Waals surface area contributed by atoms with E-state index < -0.39 is 11.9 Å². The highest BCUT2D eigenvalue weighted by Gasteiger charge is 2.23. The number of carbonyl (C=O) groups is 3. The molecule has 0 bridgehead atoms. The van der Waals surface area contributed by atoms with Crippen molar-refractivity contribution in [3.05, 3.63) is 21.7 Å². The molecule has 1 aromatic heterocycles. The first-order chi connectivity index (χ1) is 10.2. The summed E-state index contributed by atoms with van der Waals surface area (Å²) in [6, 6.07) is 1.42. The van der Waals surface area contributed by atoms with Gasteiger partial charge < -0.3 is 15.8 Å². The monoisotopic (exact) mass is 360 g/mol. The molecule has 0 saturated carbocycles. The Labute approximate surface area is 139 Å². The first-order valence-electron chi connectivity index (χ1n) is 5.92. The highest BCUT2D eigenvalue weighted by Crippen LogP contribution is 2.46. The third-order valence-electron chi connectivity index (χ3n) is 2.61. The van der Waals surface area contributed by atoms with Crippen molar-refractivity contribution in [1.82, 2.24) is 0 Å². The van der Waals surface area contributed by atoms with Gasteiger partial charge in [0.25, 0.3) is 5.91 Å². The van der Waals surface area contributed by atoms with Gasteiger partial charge in [-0.3, -0.25) is 14.4 Å². The number of nitrogens with one attached hydrogen (secondary N) is 1. The molecular formula is C13H10Cl2N2O4S. The summed E-state index contributed by atoms with van der Waals surface area (Å²) in [5, 5.41) is 3.29. The van der Waals surface area contributed by atoms with Crippen LogP contribution in [0.4, 0.5) is 5.00 Å². The van der Waals surface area contributed by atoms with E-state index in [4.69, 9.17) is 33.7 Å². The van der Waals surface area contributed by atoms with Crippen LogP contribution in [0.1, 0.15) is 24.2 Å². The fourth-order valence-corrected chi connectivity index (χ4v) is 3.69. The fraction of sp³-hybridized carbons (Fsp3) is 0.154. The Kier molecular flexibility index (Phi) is 4.60. The van der Waals surface area contributed by atoms with E-state index in [1.54, 1.807) is 0 Å². The number of hydrogen-bond donors (Lipinski definition) is 2. The Bertz CT molecular complexity index is 816. The predicted molar refractivity (Wildman–Crippen MR) is 86.0 cm³/mol. The number of ether oxygens (including phenoxy) is 1. The van der Waals surface area contributed by atoms with Crippen molar-refractivity contribution in [3.63, 3.8) is 0 Å². The van der Waals surface area contributed by atoms with Gasteiger partial charge in [0.1, 0.15) is 10.0 Å². The second kappa shape index (κ2) is 6.12.